The Morgan fingerprint density at radius 3 is 1.59 bits per heavy atom. The predicted molar refractivity (Wildman–Crippen MR) is 169 cm³/mol. The van der Waals surface area contributed by atoms with Gasteiger partial charge >= 0.3 is 5.97 Å². The first-order valence-corrected chi connectivity index (χ1v) is 15.1. The first-order chi connectivity index (χ1) is 21.4. The van der Waals surface area contributed by atoms with E-state index < -0.39 is 78.0 Å². The smallest absolute Gasteiger partial charge is 0.305 e. The molecule has 0 aromatic carbocycles. The summed E-state index contributed by atoms with van der Waals surface area (Å²) in [6.07, 6.45) is -0.285. The summed E-state index contributed by atoms with van der Waals surface area (Å²) in [5.41, 5.74) is 16.5. The van der Waals surface area contributed by atoms with E-state index in [9.17, 15) is 33.6 Å². The summed E-state index contributed by atoms with van der Waals surface area (Å²) in [5, 5.41) is 31.2. The monoisotopic (exact) mass is 656 g/mol. The summed E-state index contributed by atoms with van der Waals surface area (Å²) in [6.45, 7) is 7.63. The fourth-order valence-electron chi connectivity index (χ4n) is 4.29. The van der Waals surface area contributed by atoms with Crippen LogP contribution in [0.1, 0.15) is 72.6 Å². The average molecular weight is 657 g/mol. The van der Waals surface area contributed by atoms with E-state index in [1.165, 1.54) is 7.05 Å². The summed E-state index contributed by atoms with van der Waals surface area (Å²) >= 11 is 0. The van der Waals surface area contributed by atoms with Gasteiger partial charge in [0.25, 0.3) is 0 Å². The molecule has 18 heteroatoms. The van der Waals surface area contributed by atoms with Crippen molar-refractivity contribution in [2.75, 3.05) is 13.6 Å². The zero-order valence-corrected chi connectivity index (χ0v) is 27.2. The Morgan fingerprint density at radius 1 is 0.696 bits per heavy atom. The predicted octanol–water partition coefficient (Wildman–Crippen LogP) is -2.91. The summed E-state index contributed by atoms with van der Waals surface area (Å²) in [6, 6.07) is -6.05. The van der Waals surface area contributed by atoms with Gasteiger partial charge in [-0.3, -0.25) is 39.0 Å². The van der Waals surface area contributed by atoms with E-state index >= 15 is 0 Å². The van der Waals surface area contributed by atoms with Crippen LogP contribution in [-0.2, 0) is 33.6 Å². The van der Waals surface area contributed by atoms with Crippen LogP contribution < -0.4 is 49.1 Å². The minimum Gasteiger partial charge on any atom is -0.481 e. The summed E-state index contributed by atoms with van der Waals surface area (Å²) in [7, 11) is 1.26. The lowest BCUT2D eigenvalue weighted by Crippen LogP contribution is -2.59. The second-order valence-electron chi connectivity index (χ2n) is 11.8. The number of hydrogen-bond acceptors (Lipinski definition) is 9. The highest BCUT2D eigenvalue weighted by molar-refractivity contribution is 5.96. The molecule has 0 aromatic heterocycles. The number of aliphatic carboxylic acids is 1. The molecule has 0 spiro atoms. The van der Waals surface area contributed by atoms with Gasteiger partial charge in [0.1, 0.15) is 24.2 Å². The molecule has 18 nitrogen and oxygen atoms in total. The largest absolute Gasteiger partial charge is 0.481 e. The highest BCUT2D eigenvalue weighted by Gasteiger charge is 2.33. The topological polar surface area (TPSA) is 314 Å². The molecule has 0 saturated carbocycles. The van der Waals surface area contributed by atoms with Crippen molar-refractivity contribution < 1.29 is 38.7 Å². The fraction of sp³-hybridized carbons (Fsp3) is 0.714. The number of carboxylic acid groups (broad SMARTS) is 1. The second kappa shape index (κ2) is 21.3. The molecule has 6 amide bonds. The first-order valence-electron chi connectivity index (χ1n) is 15.1. The number of primary amides is 1. The van der Waals surface area contributed by atoms with E-state index in [4.69, 9.17) is 27.7 Å². The van der Waals surface area contributed by atoms with Gasteiger partial charge in [0.2, 0.25) is 35.4 Å². The molecule has 0 rings (SSSR count). The molecular formula is C28H52N10O8. The lowest BCUT2D eigenvalue weighted by molar-refractivity contribution is -0.141. The van der Waals surface area contributed by atoms with E-state index in [1.807, 2.05) is 13.8 Å². The van der Waals surface area contributed by atoms with E-state index in [0.29, 0.717) is 13.0 Å². The average Bonchev–Trinajstić information content (AvgIpc) is 2.94. The van der Waals surface area contributed by atoms with Crippen LogP contribution in [0.5, 0.6) is 0 Å². The Labute approximate surface area is 269 Å². The molecule has 0 saturated heterocycles. The van der Waals surface area contributed by atoms with Crippen molar-refractivity contribution >= 4 is 47.4 Å². The van der Waals surface area contributed by atoms with Crippen molar-refractivity contribution in [2.45, 2.75) is 103 Å². The molecule has 5 atom stereocenters. The molecule has 14 N–H and O–H groups in total. The number of nitrogens with two attached hydrogens (primary N) is 3. The Bertz CT molecular complexity index is 1080. The number of likely N-dealkylation sites (N-methyl/N-ethyl adjacent to an activating group) is 1. The van der Waals surface area contributed by atoms with Gasteiger partial charge < -0.3 is 54.2 Å². The van der Waals surface area contributed by atoms with Gasteiger partial charge in [-0.05, 0) is 43.9 Å². The van der Waals surface area contributed by atoms with Crippen molar-refractivity contribution in [2.24, 2.45) is 29.0 Å². The summed E-state index contributed by atoms with van der Waals surface area (Å²) in [5.74, 6) is -6.24. The van der Waals surface area contributed by atoms with Crippen molar-refractivity contribution in [1.29, 1.82) is 5.41 Å². The number of rotatable bonds is 22. The van der Waals surface area contributed by atoms with Gasteiger partial charge in [0, 0.05) is 20.0 Å². The highest BCUT2D eigenvalue weighted by atomic mass is 16.4. The number of hydrogen-bond donors (Lipinski definition) is 11. The van der Waals surface area contributed by atoms with Crippen LogP contribution in [0.4, 0.5) is 0 Å². The standard InChI is InChI=1S/C28H52N10O8/c1-14(2)11-18(36-23(42)16(29)7-6-10-34-28(31)32)27(46)37-19(12-15(3)4)26(45)35-17(8-9-21(30)39)25(44)38-20(13-22(40)41)24(43)33-5/h14-20H,6-13,29H2,1-5H3,(H2,30,39)(H,33,43)(H,35,45)(H,36,42)(H,37,46)(H,38,44)(H,40,41)(H4,31,32,34)/t16-,17-,18-,19-,20-/m0/s1. The Morgan fingerprint density at radius 2 is 1.15 bits per heavy atom. The van der Waals surface area contributed by atoms with Gasteiger partial charge in [-0.2, -0.15) is 0 Å². The number of amides is 6. The maximum Gasteiger partial charge on any atom is 0.305 e. The van der Waals surface area contributed by atoms with Crippen LogP contribution >= 0.6 is 0 Å². The molecule has 0 heterocycles. The normalized spacial score (nSPS) is 14.2. The van der Waals surface area contributed by atoms with Gasteiger partial charge in [-0.1, -0.05) is 27.7 Å². The van der Waals surface area contributed by atoms with Gasteiger partial charge in [0.05, 0.1) is 12.5 Å². The summed E-state index contributed by atoms with van der Waals surface area (Å²) in [4.78, 5) is 87.6. The number of carboxylic acids is 1. The number of carbonyl (C=O) groups is 7. The molecule has 0 aliphatic rings. The van der Waals surface area contributed by atoms with E-state index in [0.717, 1.165) is 0 Å². The second-order valence-corrected chi connectivity index (χ2v) is 11.8. The molecule has 0 bridgehead atoms. The fourth-order valence-corrected chi connectivity index (χ4v) is 4.29. The zero-order valence-electron chi connectivity index (χ0n) is 27.2. The molecule has 0 aliphatic heterocycles. The Balaban J connectivity index is 5.89. The van der Waals surface area contributed by atoms with Crippen molar-refractivity contribution in [3.63, 3.8) is 0 Å². The Kier molecular flexibility index (Phi) is 19.2. The maximum absolute atomic E-state index is 13.5. The van der Waals surface area contributed by atoms with Crippen molar-refractivity contribution in [1.82, 2.24) is 31.9 Å². The molecule has 0 unspecified atom stereocenters. The molecule has 46 heavy (non-hydrogen) atoms. The summed E-state index contributed by atoms with van der Waals surface area (Å²) < 4.78 is 0. The van der Waals surface area contributed by atoms with Crippen LogP contribution in [0.25, 0.3) is 0 Å². The third kappa shape index (κ3) is 17.7. The van der Waals surface area contributed by atoms with Crippen molar-refractivity contribution in [3.05, 3.63) is 0 Å². The van der Waals surface area contributed by atoms with Gasteiger partial charge in [-0.25, -0.2) is 0 Å². The number of guanidine groups is 1. The molecule has 262 valence electrons. The van der Waals surface area contributed by atoms with Crippen LogP contribution in [-0.4, -0.2) is 96.3 Å². The lowest BCUT2D eigenvalue weighted by atomic mass is 9.99. The quantitative estimate of drug-likeness (QED) is 0.0319. The molecule has 0 fully saturated rings. The third-order valence-corrected chi connectivity index (χ3v) is 6.59. The van der Waals surface area contributed by atoms with Crippen LogP contribution in [0.2, 0.25) is 0 Å². The zero-order chi connectivity index (χ0) is 35.6. The third-order valence-electron chi connectivity index (χ3n) is 6.59. The number of nitrogens with one attached hydrogen (secondary N) is 7. The van der Waals surface area contributed by atoms with Crippen LogP contribution in [0, 0.1) is 17.2 Å². The number of carbonyl (C=O) groups excluding carboxylic acids is 6. The SMILES string of the molecule is CNC(=O)[C@H](CC(=O)O)NC(=O)[C@H](CCC(N)=O)NC(=O)[C@H](CC(C)C)NC(=O)[C@H](CC(C)C)NC(=O)[C@@H](N)CCCNC(=N)N. The lowest BCUT2D eigenvalue weighted by Gasteiger charge is -2.27. The van der Waals surface area contributed by atoms with Crippen LogP contribution in [0.3, 0.4) is 0 Å². The molecule has 0 aliphatic carbocycles. The van der Waals surface area contributed by atoms with Crippen molar-refractivity contribution in [3.8, 4) is 0 Å². The van der Waals surface area contributed by atoms with Crippen LogP contribution in [0.15, 0.2) is 0 Å². The first kappa shape index (κ1) is 41.5. The minimum absolute atomic E-state index is 0.0367. The highest BCUT2D eigenvalue weighted by Crippen LogP contribution is 2.11. The minimum atomic E-state index is -1.47. The molecule has 0 radical (unpaired) electrons. The maximum atomic E-state index is 13.5. The Hall–Kier alpha value is -4.48. The van der Waals surface area contributed by atoms with Gasteiger partial charge in [0.15, 0.2) is 5.96 Å². The van der Waals surface area contributed by atoms with E-state index in [-0.39, 0.29) is 49.9 Å². The van der Waals surface area contributed by atoms with Gasteiger partial charge in [-0.15, -0.1) is 0 Å². The molecular weight excluding hydrogens is 604 g/mol. The van der Waals surface area contributed by atoms with E-state index in [2.05, 4.69) is 31.9 Å². The molecule has 0 aromatic rings. The van der Waals surface area contributed by atoms with E-state index in [1.54, 1.807) is 13.8 Å².